The highest BCUT2D eigenvalue weighted by atomic mass is 28.4. The highest BCUT2D eigenvalue weighted by Crippen LogP contribution is 2.37. The molecule has 0 saturated heterocycles. The van der Waals surface area contributed by atoms with E-state index in [9.17, 15) is 9.90 Å². The molecule has 0 saturated carbocycles. The van der Waals surface area contributed by atoms with Gasteiger partial charge in [-0.25, -0.2) is 0 Å². The number of carbonyl (C=O) groups excluding carboxylic acids is 1. The maximum atomic E-state index is 11.6. The van der Waals surface area contributed by atoms with Gasteiger partial charge < -0.3 is 14.3 Å². The summed E-state index contributed by atoms with van der Waals surface area (Å²) in [6, 6.07) is 21.1. The Balaban J connectivity index is 2.34. The molecule has 0 unspecified atom stereocenters. The Hall–Kier alpha value is -2.21. The second kappa shape index (κ2) is 12.5. The van der Waals surface area contributed by atoms with Crippen molar-refractivity contribution in [3.63, 3.8) is 0 Å². The molecule has 0 aliphatic rings. The molecule has 2 aromatic carbocycles. The molecule has 0 aliphatic carbocycles. The van der Waals surface area contributed by atoms with Crippen LogP contribution >= 0.6 is 0 Å². The van der Waals surface area contributed by atoms with Crippen LogP contribution in [-0.2, 0) is 14.0 Å². The first-order valence-corrected chi connectivity index (χ1v) is 14.2. The van der Waals surface area contributed by atoms with E-state index in [0.717, 1.165) is 12.0 Å². The number of benzene rings is 2. The van der Waals surface area contributed by atoms with Gasteiger partial charge in [0.15, 0.2) is 0 Å². The quantitative estimate of drug-likeness (QED) is 0.275. The van der Waals surface area contributed by atoms with Crippen molar-refractivity contribution in [1.82, 2.24) is 0 Å². The Bertz CT molecular complexity index is 879. The fraction of sp³-hybridized carbons (Fsp3) is 0.483. The Morgan fingerprint density at radius 2 is 1.50 bits per heavy atom. The molecule has 2 rings (SSSR count). The molecule has 0 aliphatic heterocycles. The third kappa shape index (κ3) is 6.47. The lowest BCUT2D eigenvalue weighted by Gasteiger charge is -2.44. The van der Waals surface area contributed by atoms with Crippen LogP contribution in [0.1, 0.15) is 54.4 Å². The van der Waals surface area contributed by atoms with Crippen molar-refractivity contribution in [3.8, 4) is 0 Å². The summed E-state index contributed by atoms with van der Waals surface area (Å²) >= 11 is 0. The number of ether oxygens (including phenoxy) is 1. The van der Waals surface area contributed by atoms with Gasteiger partial charge in [0.25, 0.3) is 8.32 Å². The van der Waals surface area contributed by atoms with Crippen molar-refractivity contribution in [2.24, 2.45) is 11.8 Å². The lowest BCUT2D eigenvalue weighted by atomic mass is 9.86. The third-order valence-electron chi connectivity index (χ3n) is 6.83. The van der Waals surface area contributed by atoms with Crippen LogP contribution in [0.15, 0.2) is 72.3 Å². The molecule has 0 spiro atoms. The molecule has 0 aromatic heterocycles. The van der Waals surface area contributed by atoms with Crippen LogP contribution in [0.25, 0.3) is 0 Å². The second-order valence-corrected chi connectivity index (χ2v) is 14.4. The van der Waals surface area contributed by atoms with Crippen molar-refractivity contribution in [1.29, 1.82) is 0 Å². The number of carbonyl (C=O) groups is 1. The summed E-state index contributed by atoms with van der Waals surface area (Å²) in [5, 5.41) is 13.6. The second-order valence-electron chi connectivity index (χ2n) is 10.1. The summed E-state index contributed by atoms with van der Waals surface area (Å²) in [5.74, 6) is -0.423. The predicted octanol–water partition coefficient (Wildman–Crippen LogP) is 5.10. The first-order chi connectivity index (χ1) is 16.1. The van der Waals surface area contributed by atoms with Crippen molar-refractivity contribution >= 4 is 24.7 Å². The Kier molecular flexibility index (Phi) is 10.3. The number of methoxy groups -OCH3 is 1. The lowest BCUT2D eigenvalue weighted by molar-refractivity contribution is -0.139. The van der Waals surface area contributed by atoms with Crippen LogP contribution in [0.2, 0.25) is 5.04 Å². The Morgan fingerprint density at radius 1 is 1.00 bits per heavy atom. The third-order valence-corrected chi connectivity index (χ3v) is 11.8. The Labute approximate surface area is 207 Å². The molecular weight excluding hydrogens is 440 g/mol. The fourth-order valence-electron chi connectivity index (χ4n) is 4.78. The molecule has 3 atom stereocenters. The van der Waals surface area contributed by atoms with Gasteiger partial charge in [-0.3, -0.25) is 4.79 Å². The summed E-state index contributed by atoms with van der Waals surface area (Å²) in [4.78, 5) is 11.6. The zero-order valence-corrected chi connectivity index (χ0v) is 22.9. The predicted molar refractivity (Wildman–Crippen MR) is 143 cm³/mol. The van der Waals surface area contributed by atoms with Gasteiger partial charge >= 0.3 is 5.97 Å². The smallest absolute Gasteiger partial charge is 0.309 e. The summed E-state index contributed by atoms with van der Waals surface area (Å²) in [7, 11) is -1.26. The van der Waals surface area contributed by atoms with Crippen molar-refractivity contribution in [3.05, 3.63) is 72.3 Å². The zero-order chi connectivity index (χ0) is 25.4. The highest BCUT2D eigenvalue weighted by molar-refractivity contribution is 6.99. The average molecular weight is 483 g/mol. The van der Waals surface area contributed by atoms with Gasteiger partial charge in [-0.15, -0.1) is 0 Å². The summed E-state index contributed by atoms with van der Waals surface area (Å²) in [6.07, 6.45) is 2.32. The molecule has 5 heteroatoms. The van der Waals surface area contributed by atoms with Gasteiger partial charge in [0.1, 0.15) is 0 Å². The number of aliphatic hydroxyl groups excluding tert-OH is 1. The standard InChI is InChI=1S/C29H42O4Si/c1-8-24(19-20-27(30)32-7)23(3)28(31)22(2)21-33-34(29(4,5)6,25-15-11-9-12-16-25)26-17-13-10-14-18-26/h9-19,22-23,28,31H,8,20-21H2,1-7H3/b24-19+/t22-,23+,28+/m1/s1. The van der Waals surface area contributed by atoms with Crippen LogP contribution in [0.5, 0.6) is 0 Å². The van der Waals surface area contributed by atoms with Crippen LogP contribution in [-0.4, -0.2) is 39.2 Å². The average Bonchev–Trinajstić information content (AvgIpc) is 2.84. The van der Waals surface area contributed by atoms with E-state index in [4.69, 9.17) is 9.16 Å². The molecular formula is C29H42O4Si. The molecule has 0 amide bonds. The first kappa shape index (κ1) is 28.0. The normalized spacial score (nSPS) is 15.5. The topological polar surface area (TPSA) is 55.8 Å². The van der Waals surface area contributed by atoms with E-state index in [0.29, 0.717) is 6.61 Å². The van der Waals surface area contributed by atoms with E-state index < -0.39 is 14.4 Å². The molecule has 4 nitrogen and oxygen atoms in total. The number of aliphatic hydroxyl groups is 1. The largest absolute Gasteiger partial charge is 0.469 e. The summed E-state index contributed by atoms with van der Waals surface area (Å²) in [5.41, 5.74) is 1.06. The van der Waals surface area contributed by atoms with Gasteiger partial charge in [0.05, 0.1) is 19.6 Å². The van der Waals surface area contributed by atoms with E-state index in [1.54, 1.807) is 0 Å². The SMILES string of the molecule is CC/C(=C\CC(=O)OC)[C@H](C)[C@@H](O)[C@H](C)CO[Si](c1ccccc1)(c1ccccc1)C(C)(C)C. The highest BCUT2D eigenvalue weighted by Gasteiger charge is 2.50. The van der Waals surface area contributed by atoms with E-state index in [-0.39, 0.29) is 29.3 Å². The van der Waals surface area contributed by atoms with E-state index in [2.05, 4.69) is 76.2 Å². The number of hydrogen-bond donors (Lipinski definition) is 1. The monoisotopic (exact) mass is 482 g/mol. The number of rotatable bonds is 11. The summed E-state index contributed by atoms with van der Waals surface area (Å²) < 4.78 is 11.8. The van der Waals surface area contributed by atoms with Gasteiger partial charge in [-0.1, -0.05) is 114 Å². The molecule has 0 radical (unpaired) electrons. The van der Waals surface area contributed by atoms with Crippen LogP contribution in [0.3, 0.4) is 0 Å². The van der Waals surface area contributed by atoms with Gasteiger partial charge in [0.2, 0.25) is 0 Å². The molecule has 0 heterocycles. The maximum Gasteiger partial charge on any atom is 0.309 e. The van der Waals surface area contributed by atoms with Gasteiger partial charge in [-0.05, 0) is 21.8 Å². The molecule has 34 heavy (non-hydrogen) atoms. The van der Waals surface area contributed by atoms with Crippen molar-refractivity contribution in [2.45, 2.75) is 65.5 Å². The van der Waals surface area contributed by atoms with Crippen molar-refractivity contribution < 1.29 is 19.1 Å². The molecule has 2 aromatic rings. The van der Waals surface area contributed by atoms with Crippen LogP contribution in [0.4, 0.5) is 0 Å². The van der Waals surface area contributed by atoms with Crippen LogP contribution in [0, 0.1) is 11.8 Å². The minimum Gasteiger partial charge on any atom is -0.469 e. The van der Waals surface area contributed by atoms with E-state index in [1.165, 1.54) is 17.5 Å². The minimum atomic E-state index is -2.65. The van der Waals surface area contributed by atoms with Crippen LogP contribution < -0.4 is 10.4 Å². The Morgan fingerprint density at radius 3 is 1.91 bits per heavy atom. The first-order valence-electron chi connectivity index (χ1n) is 12.3. The lowest BCUT2D eigenvalue weighted by Crippen LogP contribution is -2.67. The van der Waals surface area contributed by atoms with Gasteiger partial charge in [0, 0.05) is 18.4 Å². The summed E-state index contributed by atoms with van der Waals surface area (Å²) in [6.45, 7) is 13.3. The minimum absolute atomic E-state index is 0.0765. The molecule has 0 bridgehead atoms. The fourth-order valence-corrected chi connectivity index (χ4v) is 9.45. The molecule has 1 N–H and O–H groups in total. The number of hydrogen-bond acceptors (Lipinski definition) is 4. The number of esters is 1. The maximum absolute atomic E-state index is 11.6. The van der Waals surface area contributed by atoms with Crippen molar-refractivity contribution in [2.75, 3.05) is 13.7 Å². The molecule has 186 valence electrons. The molecule has 0 fully saturated rings. The van der Waals surface area contributed by atoms with Gasteiger partial charge in [-0.2, -0.15) is 0 Å². The van der Waals surface area contributed by atoms with E-state index >= 15 is 0 Å². The zero-order valence-electron chi connectivity index (χ0n) is 21.9. The van der Waals surface area contributed by atoms with E-state index in [1.807, 2.05) is 32.1 Å².